The van der Waals surface area contributed by atoms with Gasteiger partial charge in [0.1, 0.15) is 6.61 Å². The first kappa shape index (κ1) is 24.8. The number of hydrogen-bond donors (Lipinski definition) is 3. The van der Waals surface area contributed by atoms with E-state index < -0.39 is 23.4 Å². The Morgan fingerprint density at radius 2 is 1.63 bits per heavy atom. The standard InChI is InChI=1S/C28H34N2O5/c1-28(2,15-25(31)30-19-9-7-8-18(14-19)26(32)33)17-29-27(34)35-16-24-22-12-5-3-10-20(22)21-11-4-6-13-23(21)24/h3-6,10-13,18-19,24H,7-9,14-17H2,1-2H3,(H,29,34)(H,30,31)(H,32,33)/t18-,19+/m0/s1. The van der Waals surface area contributed by atoms with Gasteiger partial charge < -0.3 is 20.5 Å². The number of amides is 2. The predicted molar refractivity (Wildman–Crippen MR) is 133 cm³/mol. The van der Waals surface area contributed by atoms with E-state index in [1.54, 1.807) is 0 Å². The molecular weight excluding hydrogens is 444 g/mol. The molecule has 0 radical (unpaired) electrons. The number of fused-ring (bicyclic) bond motifs is 3. The third kappa shape index (κ3) is 6.02. The van der Waals surface area contributed by atoms with Crippen LogP contribution in [0.3, 0.4) is 0 Å². The first-order valence-corrected chi connectivity index (χ1v) is 12.3. The van der Waals surface area contributed by atoms with Crippen molar-refractivity contribution < 1.29 is 24.2 Å². The first-order valence-electron chi connectivity index (χ1n) is 12.3. The van der Waals surface area contributed by atoms with Gasteiger partial charge in [-0.3, -0.25) is 9.59 Å². The van der Waals surface area contributed by atoms with Crippen LogP contribution < -0.4 is 10.6 Å². The van der Waals surface area contributed by atoms with Crippen LogP contribution in [-0.2, 0) is 14.3 Å². The van der Waals surface area contributed by atoms with Gasteiger partial charge in [-0.2, -0.15) is 0 Å². The predicted octanol–water partition coefficient (Wildman–Crippen LogP) is 4.70. The summed E-state index contributed by atoms with van der Waals surface area (Å²) in [7, 11) is 0. The van der Waals surface area contributed by atoms with E-state index in [4.69, 9.17) is 4.74 Å². The number of hydrogen-bond acceptors (Lipinski definition) is 4. The van der Waals surface area contributed by atoms with E-state index in [0.717, 1.165) is 24.0 Å². The van der Waals surface area contributed by atoms with Crippen molar-refractivity contribution in [2.24, 2.45) is 11.3 Å². The van der Waals surface area contributed by atoms with E-state index in [2.05, 4.69) is 34.9 Å². The Bertz CT molecular complexity index is 1050. The van der Waals surface area contributed by atoms with Gasteiger partial charge in [0.25, 0.3) is 0 Å². The summed E-state index contributed by atoms with van der Waals surface area (Å²) < 4.78 is 5.59. The molecular formula is C28H34N2O5. The fraction of sp³-hybridized carbons (Fsp3) is 0.464. The first-order chi connectivity index (χ1) is 16.7. The van der Waals surface area contributed by atoms with Gasteiger partial charge in [0.05, 0.1) is 5.92 Å². The van der Waals surface area contributed by atoms with Crippen molar-refractivity contribution in [3.8, 4) is 11.1 Å². The molecule has 0 spiro atoms. The van der Waals surface area contributed by atoms with Gasteiger partial charge in [0.2, 0.25) is 5.91 Å². The Hall–Kier alpha value is -3.35. The second kappa shape index (κ2) is 10.5. The molecule has 0 aliphatic heterocycles. The van der Waals surface area contributed by atoms with E-state index in [9.17, 15) is 19.5 Å². The van der Waals surface area contributed by atoms with E-state index in [0.29, 0.717) is 19.4 Å². The zero-order chi connectivity index (χ0) is 25.0. The minimum Gasteiger partial charge on any atom is -0.481 e. The highest BCUT2D eigenvalue weighted by Gasteiger charge is 2.31. The number of carbonyl (C=O) groups is 3. The van der Waals surface area contributed by atoms with Crippen LogP contribution in [0.4, 0.5) is 4.79 Å². The van der Waals surface area contributed by atoms with E-state index in [1.807, 2.05) is 38.1 Å². The van der Waals surface area contributed by atoms with Crippen molar-refractivity contribution in [3.05, 3.63) is 59.7 Å². The lowest BCUT2D eigenvalue weighted by molar-refractivity contribution is -0.143. The number of carboxylic acids is 1. The molecule has 0 saturated heterocycles. The van der Waals surface area contributed by atoms with Crippen LogP contribution >= 0.6 is 0 Å². The average molecular weight is 479 g/mol. The molecule has 2 aliphatic carbocycles. The van der Waals surface area contributed by atoms with Gasteiger partial charge in [0.15, 0.2) is 0 Å². The average Bonchev–Trinajstić information content (AvgIpc) is 3.15. The zero-order valence-corrected chi connectivity index (χ0v) is 20.4. The number of carbonyl (C=O) groups excluding carboxylic acids is 2. The molecule has 1 saturated carbocycles. The van der Waals surface area contributed by atoms with Gasteiger partial charge in [-0.15, -0.1) is 0 Å². The Morgan fingerprint density at radius 3 is 2.26 bits per heavy atom. The summed E-state index contributed by atoms with van der Waals surface area (Å²) in [6.07, 6.45) is 2.46. The van der Waals surface area contributed by atoms with Gasteiger partial charge in [-0.1, -0.05) is 68.8 Å². The number of alkyl carbamates (subject to hydrolysis) is 1. The summed E-state index contributed by atoms with van der Waals surface area (Å²) in [4.78, 5) is 36.3. The molecule has 2 aliphatic rings. The molecule has 2 atom stereocenters. The van der Waals surface area contributed by atoms with Crippen molar-refractivity contribution in [1.29, 1.82) is 0 Å². The largest absolute Gasteiger partial charge is 0.481 e. The molecule has 1 fully saturated rings. The highest BCUT2D eigenvalue weighted by atomic mass is 16.5. The van der Waals surface area contributed by atoms with E-state index >= 15 is 0 Å². The van der Waals surface area contributed by atoms with Gasteiger partial charge in [-0.05, 0) is 46.9 Å². The zero-order valence-electron chi connectivity index (χ0n) is 20.4. The molecule has 7 heteroatoms. The second-order valence-electron chi connectivity index (χ2n) is 10.5. The van der Waals surface area contributed by atoms with E-state index in [-0.39, 0.29) is 30.9 Å². The lowest BCUT2D eigenvalue weighted by atomic mass is 9.85. The van der Waals surface area contributed by atoms with Gasteiger partial charge >= 0.3 is 12.1 Å². The van der Waals surface area contributed by atoms with Crippen LogP contribution in [0.2, 0.25) is 0 Å². The topological polar surface area (TPSA) is 105 Å². The summed E-state index contributed by atoms with van der Waals surface area (Å²) in [5, 5.41) is 15.0. The maximum atomic E-state index is 12.6. The molecule has 0 unspecified atom stereocenters. The quantitative estimate of drug-likeness (QED) is 0.510. The smallest absolute Gasteiger partial charge is 0.407 e. The van der Waals surface area contributed by atoms with Crippen molar-refractivity contribution in [2.45, 2.75) is 57.9 Å². The monoisotopic (exact) mass is 478 g/mol. The maximum absolute atomic E-state index is 12.6. The van der Waals surface area contributed by atoms with Crippen molar-refractivity contribution in [3.63, 3.8) is 0 Å². The molecule has 0 aromatic heterocycles. The minimum atomic E-state index is -0.795. The summed E-state index contributed by atoms with van der Waals surface area (Å²) >= 11 is 0. The molecule has 2 aromatic rings. The van der Waals surface area contributed by atoms with Crippen LogP contribution in [0.5, 0.6) is 0 Å². The summed E-state index contributed by atoms with van der Waals surface area (Å²) in [5.74, 6) is -1.31. The SMILES string of the molecule is CC(C)(CNC(=O)OCC1c2ccccc2-c2ccccc21)CC(=O)N[C@@H]1CCC[C@H](C(=O)O)C1. The Labute approximate surface area is 206 Å². The van der Waals surface area contributed by atoms with Crippen LogP contribution in [-0.4, -0.2) is 42.3 Å². The third-order valence-corrected chi connectivity index (χ3v) is 7.08. The van der Waals surface area contributed by atoms with Crippen molar-refractivity contribution in [2.75, 3.05) is 13.2 Å². The van der Waals surface area contributed by atoms with Crippen LogP contribution in [0, 0.1) is 11.3 Å². The van der Waals surface area contributed by atoms with Gasteiger partial charge in [-0.25, -0.2) is 4.79 Å². The summed E-state index contributed by atoms with van der Waals surface area (Å²) in [6, 6.07) is 16.3. The van der Waals surface area contributed by atoms with Crippen LogP contribution in [0.1, 0.15) is 63.0 Å². The number of ether oxygens (including phenoxy) is 1. The van der Waals surface area contributed by atoms with Gasteiger partial charge in [0, 0.05) is 24.9 Å². The minimum absolute atomic E-state index is 0.00272. The Kier molecular flexibility index (Phi) is 7.43. The Morgan fingerprint density at radius 1 is 1.00 bits per heavy atom. The number of aliphatic carboxylic acids is 1. The Balaban J connectivity index is 1.25. The van der Waals surface area contributed by atoms with E-state index in [1.165, 1.54) is 11.1 Å². The molecule has 2 aromatic carbocycles. The molecule has 186 valence electrons. The lowest BCUT2D eigenvalue weighted by Gasteiger charge is -2.29. The normalized spacial score (nSPS) is 19.4. The van der Waals surface area contributed by atoms with Crippen LogP contribution in [0.25, 0.3) is 11.1 Å². The molecule has 0 heterocycles. The summed E-state index contributed by atoms with van der Waals surface area (Å²) in [5.41, 5.74) is 4.20. The fourth-order valence-electron chi connectivity index (χ4n) is 5.28. The number of carboxylic acid groups (broad SMARTS) is 1. The number of rotatable bonds is 8. The number of benzene rings is 2. The molecule has 2 amide bonds. The fourth-order valence-corrected chi connectivity index (χ4v) is 5.28. The molecule has 7 nitrogen and oxygen atoms in total. The summed E-state index contributed by atoms with van der Waals surface area (Å²) in [6.45, 7) is 4.36. The third-order valence-electron chi connectivity index (χ3n) is 7.08. The second-order valence-corrected chi connectivity index (χ2v) is 10.5. The van der Waals surface area contributed by atoms with Crippen molar-refractivity contribution in [1.82, 2.24) is 10.6 Å². The van der Waals surface area contributed by atoms with Crippen molar-refractivity contribution >= 4 is 18.0 Å². The lowest BCUT2D eigenvalue weighted by Crippen LogP contribution is -2.43. The molecule has 4 rings (SSSR count). The molecule has 0 bridgehead atoms. The van der Waals surface area contributed by atoms with Crippen LogP contribution in [0.15, 0.2) is 48.5 Å². The molecule has 3 N–H and O–H groups in total. The maximum Gasteiger partial charge on any atom is 0.407 e. The molecule has 35 heavy (non-hydrogen) atoms. The highest BCUT2D eigenvalue weighted by molar-refractivity contribution is 5.79. The number of nitrogens with one attached hydrogen (secondary N) is 2. The highest BCUT2D eigenvalue weighted by Crippen LogP contribution is 2.44.